The fraction of sp³-hybridized carbons (Fsp3) is 0.320. The molecule has 1 aliphatic heterocycles. The summed E-state index contributed by atoms with van der Waals surface area (Å²) < 4.78 is 13.7. The van der Waals surface area contributed by atoms with Crippen molar-refractivity contribution in [3.05, 3.63) is 89.6 Å². The van der Waals surface area contributed by atoms with E-state index in [1.807, 2.05) is 31.3 Å². The molecule has 3 heterocycles. The Hall–Kier alpha value is -3.32. The van der Waals surface area contributed by atoms with Crippen molar-refractivity contribution < 1.29 is 9.18 Å². The maximum absolute atomic E-state index is 13.7. The van der Waals surface area contributed by atoms with E-state index in [9.17, 15) is 9.18 Å². The number of piperidine rings is 1. The molecule has 0 saturated carbocycles. The van der Waals surface area contributed by atoms with Gasteiger partial charge in [0.25, 0.3) is 5.91 Å². The fourth-order valence-electron chi connectivity index (χ4n) is 4.39. The summed E-state index contributed by atoms with van der Waals surface area (Å²) in [5.41, 5.74) is 2.28. The van der Waals surface area contributed by atoms with Gasteiger partial charge in [-0.3, -0.25) is 14.7 Å². The van der Waals surface area contributed by atoms with Gasteiger partial charge in [0.15, 0.2) is 0 Å². The number of carbonyl (C=O) groups is 1. The molecule has 0 radical (unpaired) electrons. The predicted molar refractivity (Wildman–Crippen MR) is 123 cm³/mol. The minimum Gasteiger partial charge on any atom is -0.373 e. The quantitative estimate of drug-likeness (QED) is 0.589. The molecule has 1 aromatic carbocycles. The molecule has 166 valence electrons. The van der Waals surface area contributed by atoms with E-state index < -0.39 is 5.82 Å². The van der Waals surface area contributed by atoms with Crippen LogP contribution in [0.25, 0.3) is 0 Å². The molecular formula is C25H28FN5O. The first-order valence-electron chi connectivity index (χ1n) is 11.0. The van der Waals surface area contributed by atoms with Crippen LogP contribution in [-0.4, -0.2) is 40.9 Å². The van der Waals surface area contributed by atoms with E-state index in [4.69, 9.17) is 0 Å². The van der Waals surface area contributed by atoms with E-state index in [1.165, 1.54) is 12.1 Å². The van der Waals surface area contributed by atoms with Crippen molar-refractivity contribution in [1.82, 2.24) is 20.2 Å². The van der Waals surface area contributed by atoms with Crippen LogP contribution in [-0.2, 0) is 6.54 Å². The molecule has 0 bridgehead atoms. The third-order valence-corrected chi connectivity index (χ3v) is 5.92. The Labute approximate surface area is 187 Å². The molecular weight excluding hydrogens is 405 g/mol. The molecule has 3 aromatic rings. The fourth-order valence-corrected chi connectivity index (χ4v) is 4.39. The third-order valence-electron chi connectivity index (χ3n) is 5.92. The van der Waals surface area contributed by atoms with Crippen molar-refractivity contribution in [2.24, 2.45) is 5.92 Å². The van der Waals surface area contributed by atoms with E-state index in [0.29, 0.717) is 5.56 Å². The molecule has 0 unspecified atom stereocenters. The van der Waals surface area contributed by atoms with E-state index >= 15 is 0 Å². The van der Waals surface area contributed by atoms with Gasteiger partial charge in [-0.15, -0.1) is 0 Å². The van der Waals surface area contributed by atoms with Crippen LogP contribution in [0.1, 0.15) is 40.5 Å². The maximum Gasteiger partial charge on any atom is 0.251 e. The molecule has 4 rings (SSSR count). The second-order valence-electron chi connectivity index (χ2n) is 8.11. The number of aromatic nitrogens is 2. The number of rotatable bonds is 7. The third kappa shape index (κ3) is 5.29. The number of benzene rings is 1. The van der Waals surface area contributed by atoms with Gasteiger partial charge in [0, 0.05) is 43.7 Å². The lowest BCUT2D eigenvalue weighted by Gasteiger charge is -2.37. The van der Waals surface area contributed by atoms with Crippen LogP contribution in [0.5, 0.6) is 0 Å². The predicted octanol–water partition coefficient (Wildman–Crippen LogP) is 4.04. The Balaban J connectivity index is 1.53. The lowest BCUT2D eigenvalue weighted by Crippen LogP contribution is -2.43. The van der Waals surface area contributed by atoms with E-state index in [-0.39, 0.29) is 17.9 Å². The average Bonchev–Trinajstić information content (AvgIpc) is 2.83. The van der Waals surface area contributed by atoms with Gasteiger partial charge in [-0.25, -0.2) is 9.37 Å². The minimum absolute atomic E-state index is 0.186. The van der Waals surface area contributed by atoms with Crippen molar-refractivity contribution in [1.29, 1.82) is 0 Å². The van der Waals surface area contributed by atoms with Crippen molar-refractivity contribution >= 4 is 11.7 Å². The van der Waals surface area contributed by atoms with Gasteiger partial charge in [-0.05, 0) is 61.7 Å². The number of anilines is 1. The van der Waals surface area contributed by atoms with Crippen LogP contribution in [0.4, 0.5) is 10.2 Å². The highest BCUT2D eigenvalue weighted by Gasteiger charge is 2.31. The first kappa shape index (κ1) is 21.9. The molecule has 0 aliphatic carbocycles. The summed E-state index contributed by atoms with van der Waals surface area (Å²) in [6.45, 7) is 2.59. The highest BCUT2D eigenvalue weighted by molar-refractivity contribution is 5.94. The Morgan fingerprint density at radius 1 is 1.16 bits per heavy atom. The average molecular weight is 434 g/mol. The van der Waals surface area contributed by atoms with Crippen LogP contribution in [0.2, 0.25) is 0 Å². The van der Waals surface area contributed by atoms with E-state index in [2.05, 4.69) is 31.6 Å². The lowest BCUT2D eigenvalue weighted by atomic mass is 9.88. The summed E-state index contributed by atoms with van der Waals surface area (Å²) in [5, 5.41) is 6.29. The Morgan fingerprint density at radius 2 is 2.03 bits per heavy atom. The van der Waals surface area contributed by atoms with Gasteiger partial charge in [-0.2, -0.15) is 0 Å². The molecule has 2 atom stereocenters. The van der Waals surface area contributed by atoms with Crippen molar-refractivity contribution in [3.8, 4) is 0 Å². The zero-order valence-corrected chi connectivity index (χ0v) is 18.2. The lowest BCUT2D eigenvalue weighted by molar-refractivity contribution is 0.0874. The first-order valence-corrected chi connectivity index (χ1v) is 11.0. The summed E-state index contributed by atoms with van der Waals surface area (Å²) in [7, 11) is 1.88. The number of likely N-dealkylation sites (tertiary alicyclic amines) is 1. The summed E-state index contributed by atoms with van der Waals surface area (Å²) in [6.07, 6.45) is 5.53. The summed E-state index contributed by atoms with van der Waals surface area (Å²) in [6, 6.07) is 15.3. The smallest absolute Gasteiger partial charge is 0.251 e. The Kier molecular flexibility index (Phi) is 7.07. The van der Waals surface area contributed by atoms with E-state index in [0.717, 1.165) is 49.6 Å². The Bertz CT molecular complexity index is 1050. The number of nitrogens with zero attached hydrogens (tertiary/aromatic N) is 3. The topological polar surface area (TPSA) is 70.2 Å². The highest BCUT2D eigenvalue weighted by Crippen LogP contribution is 2.30. The number of carbonyl (C=O) groups excluding carboxylic acids is 1. The van der Waals surface area contributed by atoms with Crippen molar-refractivity contribution in [3.63, 3.8) is 0 Å². The molecule has 1 amide bonds. The van der Waals surface area contributed by atoms with Crippen LogP contribution in [0.15, 0.2) is 67.0 Å². The molecule has 1 saturated heterocycles. The van der Waals surface area contributed by atoms with E-state index in [1.54, 1.807) is 24.5 Å². The van der Waals surface area contributed by atoms with Gasteiger partial charge in [0.05, 0.1) is 11.7 Å². The second kappa shape index (κ2) is 10.3. The van der Waals surface area contributed by atoms with Crippen LogP contribution >= 0.6 is 0 Å². The molecule has 1 fully saturated rings. The number of hydrogen-bond acceptors (Lipinski definition) is 5. The number of pyridine rings is 2. The summed E-state index contributed by atoms with van der Waals surface area (Å²) >= 11 is 0. The number of nitrogens with one attached hydrogen (secondary N) is 2. The van der Waals surface area contributed by atoms with Crippen LogP contribution < -0.4 is 10.6 Å². The van der Waals surface area contributed by atoms with Gasteiger partial charge >= 0.3 is 0 Å². The van der Waals surface area contributed by atoms with Gasteiger partial charge in [0.2, 0.25) is 0 Å². The van der Waals surface area contributed by atoms with Crippen molar-refractivity contribution in [2.45, 2.75) is 25.4 Å². The maximum atomic E-state index is 13.7. The summed E-state index contributed by atoms with van der Waals surface area (Å²) in [4.78, 5) is 24.3. The number of hydrogen-bond donors (Lipinski definition) is 2. The molecule has 6 nitrogen and oxygen atoms in total. The molecule has 2 aromatic heterocycles. The molecule has 2 N–H and O–H groups in total. The highest BCUT2D eigenvalue weighted by atomic mass is 19.1. The minimum atomic E-state index is -0.423. The van der Waals surface area contributed by atoms with Crippen LogP contribution in [0, 0.1) is 11.7 Å². The standard InChI is InChI=1S/C25H28FN5O/c1-27-24-20(8-5-13-29-24)17-31-14-6-9-19(16-31)23(22-11-2-3-12-28-22)30-25(32)18-7-4-10-21(26)15-18/h2-5,7-8,10-13,15,19,23H,6,9,14,16-17H2,1H3,(H,27,29)(H,30,32)/t19-,23+/m1/s1. The normalized spacial score (nSPS) is 17.5. The molecule has 32 heavy (non-hydrogen) atoms. The molecule has 1 aliphatic rings. The largest absolute Gasteiger partial charge is 0.373 e. The second-order valence-corrected chi connectivity index (χ2v) is 8.11. The molecule has 0 spiro atoms. The summed E-state index contributed by atoms with van der Waals surface area (Å²) in [5.74, 6) is 0.357. The van der Waals surface area contributed by atoms with Crippen molar-refractivity contribution in [2.75, 3.05) is 25.5 Å². The van der Waals surface area contributed by atoms with Gasteiger partial charge in [-0.1, -0.05) is 18.2 Å². The number of halogens is 1. The zero-order chi connectivity index (χ0) is 22.3. The number of amides is 1. The van der Waals surface area contributed by atoms with Gasteiger partial charge < -0.3 is 10.6 Å². The Morgan fingerprint density at radius 3 is 2.81 bits per heavy atom. The SMILES string of the molecule is CNc1ncccc1CN1CCC[C@@H]([C@H](NC(=O)c2cccc(F)c2)c2ccccn2)C1. The van der Waals surface area contributed by atoms with Gasteiger partial charge in [0.1, 0.15) is 11.6 Å². The first-order chi connectivity index (χ1) is 15.6. The molecule has 7 heteroatoms. The zero-order valence-electron chi connectivity index (χ0n) is 18.2. The van der Waals surface area contributed by atoms with Crippen LogP contribution in [0.3, 0.4) is 0 Å². The monoisotopic (exact) mass is 433 g/mol.